The Labute approximate surface area is 130 Å². The fourth-order valence-corrected chi connectivity index (χ4v) is 2.77. The molecular weight excluding hydrogens is 278 g/mol. The van der Waals surface area contributed by atoms with Gasteiger partial charge < -0.3 is 19.5 Å². The SMILES string of the molecule is COc1ccc(OCC(O)CN2CCc3ccccc32)cc1. The summed E-state index contributed by atoms with van der Waals surface area (Å²) in [5.41, 5.74) is 2.58. The molecule has 1 aliphatic heterocycles. The Hall–Kier alpha value is -2.20. The summed E-state index contributed by atoms with van der Waals surface area (Å²) in [6.07, 6.45) is 0.524. The maximum absolute atomic E-state index is 10.2. The van der Waals surface area contributed by atoms with Crippen molar-refractivity contribution >= 4 is 5.69 Å². The van der Waals surface area contributed by atoms with Crippen LogP contribution >= 0.6 is 0 Å². The van der Waals surface area contributed by atoms with E-state index in [1.807, 2.05) is 30.3 Å². The largest absolute Gasteiger partial charge is 0.497 e. The molecule has 0 fully saturated rings. The van der Waals surface area contributed by atoms with Gasteiger partial charge in [0.1, 0.15) is 24.2 Å². The van der Waals surface area contributed by atoms with Gasteiger partial charge in [-0.25, -0.2) is 0 Å². The minimum atomic E-state index is -0.520. The van der Waals surface area contributed by atoms with Crippen LogP contribution in [0.3, 0.4) is 0 Å². The van der Waals surface area contributed by atoms with Gasteiger partial charge in [-0.15, -0.1) is 0 Å². The van der Waals surface area contributed by atoms with Crippen LogP contribution in [-0.2, 0) is 6.42 Å². The number of nitrogens with zero attached hydrogens (tertiary/aromatic N) is 1. The molecule has 3 rings (SSSR count). The van der Waals surface area contributed by atoms with Crippen LogP contribution in [0.1, 0.15) is 5.56 Å². The van der Waals surface area contributed by atoms with Crippen molar-refractivity contribution in [2.45, 2.75) is 12.5 Å². The molecule has 1 heterocycles. The zero-order valence-corrected chi connectivity index (χ0v) is 12.7. The van der Waals surface area contributed by atoms with Crippen LogP contribution in [0.15, 0.2) is 48.5 Å². The van der Waals surface area contributed by atoms with Gasteiger partial charge in [-0.3, -0.25) is 0 Å². The second-order valence-electron chi connectivity index (χ2n) is 5.47. The van der Waals surface area contributed by atoms with Crippen molar-refractivity contribution in [3.05, 3.63) is 54.1 Å². The van der Waals surface area contributed by atoms with Gasteiger partial charge in [-0.05, 0) is 42.3 Å². The number of para-hydroxylation sites is 1. The first kappa shape index (κ1) is 14.7. The summed E-state index contributed by atoms with van der Waals surface area (Å²) in [6.45, 7) is 1.83. The van der Waals surface area contributed by atoms with E-state index >= 15 is 0 Å². The fraction of sp³-hybridized carbons (Fsp3) is 0.333. The highest BCUT2D eigenvalue weighted by atomic mass is 16.5. The van der Waals surface area contributed by atoms with Gasteiger partial charge in [-0.1, -0.05) is 18.2 Å². The summed E-state index contributed by atoms with van der Waals surface area (Å²) in [6, 6.07) is 15.7. The molecule has 1 atom stereocenters. The number of rotatable bonds is 6. The molecule has 0 aromatic heterocycles. The Morgan fingerprint density at radius 1 is 1.09 bits per heavy atom. The van der Waals surface area contributed by atoms with E-state index in [1.54, 1.807) is 7.11 Å². The number of methoxy groups -OCH3 is 1. The molecule has 22 heavy (non-hydrogen) atoms. The molecule has 0 amide bonds. The lowest BCUT2D eigenvalue weighted by Crippen LogP contribution is -2.34. The van der Waals surface area contributed by atoms with Crippen LogP contribution < -0.4 is 14.4 Å². The molecule has 0 saturated carbocycles. The van der Waals surface area contributed by atoms with Crippen LogP contribution in [0.4, 0.5) is 5.69 Å². The number of aliphatic hydroxyl groups excluding tert-OH is 1. The zero-order valence-electron chi connectivity index (χ0n) is 12.7. The summed E-state index contributed by atoms with van der Waals surface area (Å²) in [7, 11) is 1.63. The lowest BCUT2D eigenvalue weighted by Gasteiger charge is -2.23. The highest BCUT2D eigenvalue weighted by molar-refractivity contribution is 5.57. The van der Waals surface area contributed by atoms with E-state index in [4.69, 9.17) is 9.47 Å². The Morgan fingerprint density at radius 3 is 2.59 bits per heavy atom. The van der Waals surface area contributed by atoms with Crippen molar-refractivity contribution in [2.24, 2.45) is 0 Å². The minimum Gasteiger partial charge on any atom is -0.497 e. The van der Waals surface area contributed by atoms with E-state index in [-0.39, 0.29) is 6.61 Å². The summed E-state index contributed by atoms with van der Waals surface area (Å²) in [4.78, 5) is 2.22. The van der Waals surface area contributed by atoms with Crippen LogP contribution in [-0.4, -0.2) is 38.0 Å². The molecular formula is C18H21NO3. The van der Waals surface area contributed by atoms with Crippen molar-refractivity contribution in [1.82, 2.24) is 0 Å². The fourth-order valence-electron chi connectivity index (χ4n) is 2.77. The topological polar surface area (TPSA) is 41.9 Å². The van der Waals surface area contributed by atoms with Crippen molar-refractivity contribution in [3.8, 4) is 11.5 Å². The highest BCUT2D eigenvalue weighted by Crippen LogP contribution is 2.27. The standard InChI is InChI=1S/C18H21NO3/c1-21-16-6-8-17(9-7-16)22-13-15(20)12-19-11-10-14-4-2-3-5-18(14)19/h2-9,15,20H,10-13H2,1H3. The first-order chi connectivity index (χ1) is 10.8. The van der Waals surface area contributed by atoms with Gasteiger partial charge in [-0.2, -0.15) is 0 Å². The summed E-state index contributed by atoms with van der Waals surface area (Å²) < 4.78 is 10.7. The lowest BCUT2D eigenvalue weighted by atomic mass is 10.2. The minimum absolute atomic E-state index is 0.283. The molecule has 2 aromatic rings. The molecule has 0 spiro atoms. The van der Waals surface area contributed by atoms with Crippen molar-refractivity contribution in [2.75, 3.05) is 31.7 Å². The summed E-state index contributed by atoms with van der Waals surface area (Å²) in [5, 5.41) is 10.2. The molecule has 0 bridgehead atoms. The van der Waals surface area contributed by atoms with Crippen LogP contribution in [0.2, 0.25) is 0 Å². The molecule has 1 unspecified atom stereocenters. The molecule has 1 N–H and O–H groups in total. The van der Waals surface area contributed by atoms with Gasteiger partial charge in [0.25, 0.3) is 0 Å². The normalized spacial score (nSPS) is 14.5. The quantitative estimate of drug-likeness (QED) is 0.890. The number of anilines is 1. The average Bonchev–Trinajstić information content (AvgIpc) is 2.97. The Balaban J connectivity index is 1.51. The van der Waals surface area contributed by atoms with E-state index in [0.717, 1.165) is 24.5 Å². The second kappa shape index (κ2) is 6.71. The summed E-state index contributed by atoms with van der Waals surface area (Å²) >= 11 is 0. The number of β-amino-alcohol motifs (C(OH)–C–C–N with tert-alkyl or cyclic N) is 1. The number of hydrogen-bond donors (Lipinski definition) is 1. The maximum atomic E-state index is 10.2. The Kier molecular flexibility index (Phi) is 4.49. The van der Waals surface area contributed by atoms with Gasteiger partial charge in [0, 0.05) is 18.8 Å². The van der Waals surface area contributed by atoms with E-state index in [9.17, 15) is 5.11 Å². The van der Waals surface area contributed by atoms with E-state index < -0.39 is 6.10 Å². The first-order valence-corrected chi connectivity index (χ1v) is 7.54. The van der Waals surface area contributed by atoms with E-state index in [2.05, 4.69) is 23.1 Å². The first-order valence-electron chi connectivity index (χ1n) is 7.54. The number of hydrogen-bond acceptors (Lipinski definition) is 4. The van der Waals surface area contributed by atoms with Gasteiger partial charge >= 0.3 is 0 Å². The zero-order chi connectivity index (χ0) is 15.4. The average molecular weight is 299 g/mol. The van der Waals surface area contributed by atoms with E-state index in [0.29, 0.717) is 6.54 Å². The van der Waals surface area contributed by atoms with Crippen molar-refractivity contribution < 1.29 is 14.6 Å². The van der Waals surface area contributed by atoms with Gasteiger partial charge in [0.2, 0.25) is 0 Å². The molecule has 116 valence electrons. The maximum Gasteiger partial charge on any atom is 0.119 e. The Morgan fingerprint density at radius 2 is 1.82 bits per heavy atom. The highest BCUT2D eigenvalue weighted by Gasteiger charge is 2.20. The predicted molar refractivity (Wildman–Crippen MR) is 86.9 cm³/mol. The van der Waals surface area contributed by atoms with Crippen LogP contribution in [0.25, 0.3) is 0 Å². The predicted octanol–water partition coefficient (Wildman–Crippen LogP) is 2.50. The molecule has 1 aliphatic rings. The smallest absolute Gasteiger partial charge is 0.119 e. The number of benzene rings is 2. The van der Waals surface area contributed by atoms with Crippen molar-refractivity contribution in [3.63, 3.8) is 0 Å². The molecule has 0 radical (unpaired) electrons. The van der Waals surface area contributed by atoms with Crippen LogP contribution in [0, 0.1) is 0 Å². The third kappa shape index (κ3) is 3.34. The molecule has 2 aromatic carbocycles. The Bertz CT molecular complexity index is 612. The van der Waals surface area contributed by atoms with Crippen LogP contribution in [0.5, 0.6) is 11.5 Å². The second-order valence-corrected chi connectivity index (χ2v) is 5.47. The molecule has 4 nitrogen and oxygen atoms in total. The monoisotopic (exact) mass is 299 g/mol. The number of fused-ring (bicyclic) bond motifs is 1. The van der Waals surface area contributed by atoms with Gasteiger partial charge in [0.15, 0.2) is 0 Å². The summed E-state index contributed by atoms with van der Waals surface area (Å²) in [5.74, 6) is 1.53. The van der Waals surface area contributed by atoms with Gasteiger partial charge in [0.05, 0.1) is 7.11 Å². The molecule has 4 heteroatoms. The number of ether oxygens (including phenoxy) is 2. The van der Waals surface area contributed by atoms with Crippen molar-refractivity contribution in [1.29, 1.82) is 0 Å². The molecule has 0 saturated heterocycles. The number of aliphatic hydroxyl groups is 1. The lowest BCUT2D eigenvalue weighted by molar-refractivity contribution is 0.112. The van der Waals surface area contributed by atoms with E-state index in [1.165, 1.54) is 11.3 Å². The third-order valence-corrected chi connectivity index (χ3v) is 3.92. The third-order valence-electron chi connectivity index (χ3n) is 3.92. The molecule has 0 aliphatic carbocycles.